The van der Waals surface area contributed by atoms with Crippen molar-refractivity contribution in [1.82, 2.24) is 5.32 Å². The Morgan fingerprint density at radius 1 is 1.41 bits per heavy atom. The van der Waals surface area contributed by atoms with Crippen LogP contribution in [0.15, 0.2) is 11.4 Å². The Balaban J connectivity index is 1.64. The molecule has 2 aliphatic carbocycles. The Labute approximate surface area is 109 Å². The molecule has 94 valence electrons. The van der Waals surface area contributed by atoms with Gasteiger partial charge in [-0.1, -0.05) is 19.8 Å². The average Bonchev–Trinajstić information content (AvgIpc) is 3.03. The molecule has 0 saturated heterocycles. The number of rotatable bonds is 5. The van der Waals surface area contributed by atoms with Gasteiger partial charge in [-0.3, -0.25) is 0 Å². The summed E-state index contributed by atoms with van der Waals surface area (Å²) >= 11 is 1.95. The van der Waals surface area contributed by atoms with E-state index in [1.807, 2.05) is 11.3 Å². The van der Waals surface area contributed by atoms with E-state index in [0.29, 0.717) is 6.04 Å². The molecule has 1 heterocycles. The maximum absolute atomic E-state index is 3.93. The number of hydrogen-bond acceptors (Lipinski definition) is 2. The summed E-state index contributed by atoms with van der Waals surface area (Å²) in [5.74, 6) is 1.04. The summed E-state index contributed by atoms with van der Waals surface area (Å²) < 4.78 is 0. The fourth-order valence-electron chi connectivity index (χ4n) is 3.05. The number of fused-ring (bicyclic) bond motifs is 1. The molecule has 3 rings (SSSR count). The highest BCUT2D eigenvalue weighted by Crippen LogP contribution is 2.37. The van der Waals surface area contributed by atoms with E-state index in [0.717, 1.165) is 12.0 Å². The van der Waals surface area contributed by atoms with Crippen LogP contribution in [-0.4, -0.2) is 6.04 Å². The number of hydrogen-bond donors (Lipinski definition) is 1. The van der Waals surface area contributed by atoms with Gasteiger partial charge in [0.25, 0.3) is 0 Å². The van der Waals surface area contributed by atoms with Crippen molar-refractivity contribution < 1.29 is 0 Å². The van der Waals surface area contributed by atoms with E-state index in [-0.39, 0.29) is 0 Å². The van der Waals surface area contributed by atoms with Crippen molar-refractivity contribution in [2.45, 2.75) is 64.0 Å². The van der Waals surface area contributed by atoms with Crippen LogP contribution in [0.1, 0.15) is 61.9 Å². The monoisotopic (exact) mass is 249 g/mol. The Bertz CT molecular complexity index is 367. The molecule has 0 radical (unpaired) electrons. The quantitative estimate of drug-likeness (QED) is 0.820. The van der Waals surface area contributed by atoms with Gasteiger partial charge in [0.15, 0.2) is 0 Å². The lowest BCUT2D eigenvalue weighted by Crippen LogP contribution is -2.34. The molecule has 1 nitrogen and oxygen atoms in total. The largest absolute Gasteiger partial charge is 0.307 e. The van der Waals surface area contributed by atoms with Gasteiger partial charge in [-0.25, -0.2) is 0 Å². The fourth-order valence-corrected chi connectivity index (χ4v) is 4.04. The predicted octanol–water partition coefficient (Wildman–Crippen LogP) is 4.29. The Kier molecular flexibility index (Phi) is 3.53. The molecular formula is C15H23NS. The second-order valence-electron chi connectivity index (χ2n) is 5.69. The van der Waals surface area contributed by atoms with E-state index < -0.39 is 0 Å². The summed E-state index contributed by atoms with van der Waals surface area (Å²) in [7, 11) is 0. The molecule has 0 spiro atoms. The minimum absolute atomic E-state index is 0.647. The fraction of sp³-hybridized carbons (Fsp3) is 0.733. The third kappa shape index (κ3) is 2.74. The number of thiophene rings is 1. The van der Waals surface area contributed by atoms with Gasteiger partial charge >= 0.3 is 0 Å². The zero-order chi connectivity index (χ0) is 11.7. The van der Waals surface area contributed by atoms with Crippen molar-refractivity contribution in [3.05, 3.63) is 21.9 Å². The third-order valence-electron chi connectivity index (χ3n) is 4.30. The second kappa shape index (κ2) is 5.11. The van der Waals surface area contributed by atoms with Gasteiger partial charge in [0, 0.05) is 17.0 Å². The van der Waals surface area contributed by atoms with Crippen molar-refractivity contribution >= 4 is 11.3 Å². The lowest BCUT2D eigenvalue weighted by Gasteiger charge is -2.28. The number of aryl methyl sites for hydroxylation is 1. The van der Waals surface area contributed by atoms with Gasteiger partial charge in [-0.2, -0.15) is 0 Å². The molecule has 2 aliphatic rings. The van der Waals surface area contributed by atoms with Crippen LogP contribution < -0.4 is 5.32 Å². The van der Waals surface area contributed by atoms with E-state index in [4.69, 9.17) is 0 Å². The van der Waals surface area contributed by atoms with Crippen LogP contribution in [0, 0.1) is 5.92 Å². The first-order chi connectivity index (χ1) is 8.36. The van der Waals surface area contributed by atoms with Crippen LogP contribution in [0.25, 0.3) is 0 Å². The summed E-state index contributed by atoms with van der Waals surface area (Å²) in [5.41, 5.74) is 1.61. The summed E-state index contributed by atoms with van der Waals surface area (Å²) in [5, 5.41) is 6.20. The van der Waals surface area contributed by atoms with E-state index in [9.17, 15) is 0 Å². The molecule has 2 atom stereocenters. The first kappa shape index (κ1) is 11.7. The highest BCUT2D eigenvalue weighted by molar-refractivity contribution is 7.10. The van der Waals surface area contributed by atoms with Crippen LogP contribution in [0.2, 0.25) is 0 Å². The molecule has 0 aromatic carbocycles. The van der Waals surface area contributed by atoms with Gasteiger partial charge in [0.05, 0.1) is 0 Å². The smallest absolute Gasteiger partial charge is 0.0333 e. The molecule has 0 aliphatic heterocycles. The highest BCUT2D eigenvalue weighted by atomic mass is 32.1. The van der Waals surface area contributed by atoms with E-state index in [1.165, 1.54) is 44.9 Å². The molecule has 2 heteroatoms. The lowest BCUT2D eigenvalue weighted by atomic mass is 9.92. The van der Waals surface area contributed by atoms with Gasteiger partial charge in [0.2, 0.25) is 0 Å². The Hall–Kier alpha value is -0.340. The molecule has 1 fully saturated rings. The van der Waals surface area contributed by atoms with Gasteiger partial charge in [0.1, 0.15) is 0 Å². The summed E-state index contributed by atoms with van der Waals surface area (Å²) in [4.78, 5) is 1.63. The van der Waals surface area contributed by atoms with Crippen molar-refractivity contribution in [2.24, 2.45) is 5.92 Å². The van der Waals surface area contributed by atoms with Crippen LogP contribution in [0.4, 0.5) is 0 Å². The molecule has 0 amide bonds. The normalized spacial score (nSPS) is 25.6. The van der Waals surface area contributed by atoms with Crippen LogP contribution in [0.3, 0.4) is 0 Å². The standard InChI is InChI=1S/C15H23NS/c1-2-12(10-11-6-7-11)16-14-4-3-5-15-13(14)8-9-17-15/h8-9,11-12,14,16H,2-7,10H2,1H3. The van der Waals surface area contributed by atoms with Crippen molar-refractivity contribution in [2.75, 3.05) is 0 Å². The molecule has 0 bridgehead atoms. The molecule has 2 unspecified atom stereocenters. The number of nitrogens with one attached hydrogen (secondary N) is 1. The first-order valence-corrected chi connectivity index (χ1v) is 8.07. The summed E-state index contributed by atoms with van der Waals surface area (Å²) in [6.07, 6.45) is 9.67. The zero-order valence-electron chi connectivity index (χ0n) is 10.7. The molecular weight excluding hydrogens is 226 g/mol. The second-order valence-corrected chi connectivity index (χ2v) is 6.70. The van der Waals surface area contributed by atoms with Crippen LogP contribution in [0.5, 0.6) is 0 Å². The zero-order valence-corrected chi connectivity index (χ0v) is 11.6. The van der Waals surface area contributed by atoms with Gasteiger partial charge < -0.3 is 5.32 Å². The lowest BCUT2D eigenvalue weighted by molar-refractivity contribution is 0.363. The third-order valence-corrected chi connectivity index (χ3v) is 5.29. The van der Waals surface area contributed by atoms with Crippen LogP contribution >= 0.6 is 11.3 Å². The predicted molar refractivity (Wildman–Crippen MR) is 74.6 cm³/mol. The minimum atomic E-state index is 0.647. The molecule has 1 saturated carbocycles. The molecule has 1 aromatic rings. The topological polar surface area (TPSA) is 12.0 Å². The van der Waals surface area contributed by atoms with Crippen molar-refractivity contribution in [3.63, 3.8) is 0 Å². The first-order valence-electron chi connectivity index (χ1n) is 7.19. The molecule has 17 heavy (non-hydrogen) atoms. The van der Waals surface area contributed by atoms with Crippen molar-refractivity contribution in [3.8, 4) is 0 Å². The highest BCUT2D eigenvalue weighted by Gasteiger charge is 2.28. The SMILES string of the molecule is CCC(CC1CC1)NC1CCCc2sccc21. The Morgan fingerprint density at radius 2 is 2.29 bits per heavy atom. The van der Waals surface area contributed by atoms with E-state index in [1.54, 1.807) is 10.4 Å². The van der Waals surface area contributed by atoms with Crippen molar-refractivity contribution in [1.29, 1.82) is 0 Å². The summed E-state index contributed by atoms with van der Waals surface area (Å²) in [6, 6.07) is 3.74. The maximum atomic E-state index is 3.93. The molecule has 1 aromatic heterocycles. The average molecular weight is 249 g/mol. The van der Waals surface area contributed by atoms with E-state index in [2.05, 4.69) is 23.7 Å². The Morgan fingerprint density at radius 3 is 3.06 bits per heavy atom. The van der Waals surface area contributed by atoms with Gasteiger partial charge in [-0.05, 0) is 55.0 Å². The van der Waals surface area contributed by atoms with Gasteiger partial charge in [-0.15, -0.1) is 11.3 Å². The van der Waals surface area contributed by atoms with E-state index >= 15 is 0 Å². The summed E-state index contributed by atoms with van der Waals surface area (Å²) in [6.45, 7) is 2.33. The van der Waals surface area contributed by atoms with Crippen LogP contribution in [-0.2, 0) is 6.42 Å². The minimum Gasteiger partial charge on any atom is -0.307 e. The molecule has 1 N–H and O–H groups in total. The maximum Gasteiger partial charge on any atom is 0.0333 e.